The number of fused-ring (bicyclic) bond motifs is 2. The van der Waals surface area contributed by atoms with Crippen LogP contribution < -0.4 is 4.74 Å². The fourth-order valence-corrected chi connectivity index (χ4v) is 3.36. The lowest BCUT2D eigenvalue weighted by Crippen LogP contribution is -2.15. The third-order valence-corrected chi connectivity index (χ3v) is 4.59. The summed E-state index contributed by atoms with van der Waals surface area (Å²) in [6, 6.07) is 6.73. The number of benzene rings is 3. The van der Waals surface area contributed by atoms with Crippen molar-refractivity contribution in [2.45, 2.75) is 0 Å². The largest absolute Gasteiger partial charge is 0.504 e. The number of hydrogen-bond donors (Lipinski definition) is 3. The average Bonchev–Trinajstić information content (AvgIpc) is 2.69. The monoisotopic (exact) mass is 382 g/mol. The van der Waals surface area contributed by atoms with Crippen LogP contribution in [0.1, 0.15) is 20.7 Å². The maximum absolute atomic E-state index is 12.6. The SMILES string of the molecule is COC(=O)c1cc2ccc(O)c3c2c(c1C(=O)OC)-c1cc(O)c(O)cc1O3. The summed E-state index contributed by atoms with van der Waals surface area (Å²) in [5, 5.41) is 30.9. The first kappa shape index (κ1) is 17.5. The fraction of sp³-hybridized carbons (Fsp3) is 0.100. The summed E-state index contributed by atoms with van der Waals surface area (Å²) >= 11 is 0. The zero-order chi connectivity index (χ0) is 20.2. The minimum absolute atomic E-state index is 0.0473. The summed E-state index contributed by atoms with van der Waals surface area (Å²) in [6.07, 6.45) is 0. The van der Waals surface area contributed by atoms with Crippen molar-refractivity contribution in [3.8, 4) is 39.9 Å². The van der Waals surface area contributed by atoms with E-state index in [9.17, 15) is 24.9 Å². The molecule has 0 radical (unpaired) electrons. The van der Waals surface area contributed by atoms with E-state index in [2.05, 4.69) is 0 Å². The van der Waals surface area contributed by atoms with Crippen LogP contribution in [0, 0.1) is 0 Å². The summed E-state index contributed by atoms with van der Waals surface area (Å²) in [6.45, 7) is 0. The highest BCUT2D eigenvalue weighted by Crippen LogP contribution is 2.54. The highest BCUT2D eigenvalue weighted by atomic mass is 16.5. The number of carbonyl (C=O) groups is 2. The van der Waals surface area contributed by atoms with Gasteiger partial charge in [-0.05, 0) is 23.6 Å². The van der Waals surface area contributed by atoms with E-state index in [4.69, 9.17) is 14.2 Å². The van der Waals surface area contributed by atoms with E-state index in [1.807, 2.05) is 0 Å². The van der Waals surface area contributed by atoms with E-state index >= 15 is 0 Å². The number of carbonyl (C=O) groups excluding carboxylic acids is 2. The molecule has 8 heteroatoms. The zero-order valence-electron chi connectivity index (χ0n) is 14.8. The van der Waals surface area contributed by atoms with E-state index in [-0.39, 0.29) is 39.5 Å². The van der Waals surface area contributed by atoms with Crippen molar-refractivity contribution >= 4 is 22.7 Å². The molecule has 3 aromatic rings. The van der Waals surface area contributed by atoms with E-state index in [1.54, 1.807) is 6.07 Å². The Hall–Kier alpha value is -3.94. The molecule has 142 valence electrons. The fourth-order valence-electron chi connectivity index (χ4n) is 3.36. The first-order valence-electron chi connectivity index (χ1n) is 8.10. The van der Waals surface area contributed by atoms with E-state index in [0.29, 0.717) is 10.8 Å². The molecule has 0 unspecified atom stereocenters. The summed E-state index contributed by atoms with van der Waals surface area (Å²) in [4.78, 5) is 25.0. The third-order valence-electron chi connectivity index (χ3n) is 4.59. The van der Waals surface area contributed by atoms with Crippen LogP contribution in [-0.2, 0) is 9.47 Å². The molecule has 3 aromatic carbocycles. The molecule has 28 heavy (non-hydrogen) atoms. The quantitative estimate of drug-likeness (QED) is 0.356. The lowest BCUT2D eigenvalue weighted by Gasteiger charge is -2.25. The van der Waals surface area contributed by atoms with Crippen LogP contribution in [0.4, 0.5) is 0 Å². The van der Waals surface area contributed by atoms with Gasteiger partial charge in [-0.15, -0.1) is 0 Å². The normalized spacial score (nSPS) is 11.5. The van der Waals surface area contributed by atoms with Crippen molar-refractivity contribution in [1.29, 1.82) is 0 Å². The highest BCUT2D eigenvalue weighted by molar-refractivity contribution is 6.18. The molecular formula is C20H14O8. The zero-order valence-corrected chi connectivity index (χ0v) is 14.8. The second kappa shape index (κ2) is 6.05. The van der Waals surface area contributed by atoms with Crippen LogP contribution in [0.5, 0.6) is 28.7 Å². The maximum atomic E-state index is 12.6. The standard InChI is InChI=1S/C20H14O8/c1-26-19(24)10-5-8-3-4-11(21)18-15(8)16(17(10)20(25)27-2)9-6-12(22)13(23)7-14(9)28-18/h3-7,21-23H,1-2H3. The van der Waals surface area contributed by atoms with Gasteiger partial charge < -0.3 is 29.5 Å². The Balaban J connectivity index is 2.26. The number of phenolic OH excluding ortho intramolecular Hbond substituents is 3. The molecule has 0 aromatic heterocycles. The third kappa shape index (κ3) is 2.31. The van der Waals surface area contributed by atoms with Crippen LogP contribution in [0.25, 0.3) is 21.9 Å². The van der Waals surface area contributed by atoms with Crippen molar-refractivity contribution in [1.82, 2.24) is 0 Å². The van der Waals surface area contributed by atoms with E-state index in [1.165, 1.54) is 25.3 Å². The molecule has 0 aliphatic carbocycles. The second-order valence-corrected chi connectivity index (χ2v) is 6.11. The molecule has 0 saturated carbocycles. The van der Waals surface area contributed by atoms with Gasteiger partial charge in [0.05, 0.1) is 25.3 Å². The Labute approximate surface area is 158 Å². The number of esters is 2. The van der Waals surface area contributed by atoms with Gasteiger partial charge in [0.2, 0.25) is 0 Å². The topological polar surface area (TPSA) is 123 Å². The van der Waals surface area contributed by atoms with Gasteiger partial charge in [-0.1, -0.05) is 6.07 Å². The van der Waals surface area contributed by atoms with E-state index in [0.717, 1.165) is 13.2 Å². The molecule has 8 nitrogen and oxygen atoms in total. The van der Waals surface area contributed by atoms with Gasteiger partial charge in [0.1, 0.15) is 5.75 Å². The molecule has 0 bridgehead atoms. The van der Waals surface area contributed by atoms with Crippen LogP contribution >= 0.6 is 0 Å². The number of ether oxygens (including phenoxy) is 3. The van der Waals surface area contributed by atoms with Crippen molar-refractivity contribution in [3.05, 3.63) is 41.5 Å². The molecule has 1 aliphatic heterocycles. The Kier molecular flexibility index (Phi) is 3.78. The molecule has 0 amide bonds. The minimum atomic E-state index is -0.813. The van der Waals surface area contributed by atoms with Crippen molar-refractivity contribution in [2.75, 3.05) is 14.2 Å². The minimum Gasteiger partial charge on any atom is -0.504 e. The first-order valence-corrected chi connectivity index (χ1v) is 8.10. The number of methoxy groups -OCH3 is 2. The lowest BCUT2D eigenvalue weighted by molar-refractivity contribution is 0.0556. The van der Waals surface area contributed by atoms with Gasteiger partial charge in [-0.3, -0.25) is 0 Å². The number of rotatable bonds is 2. The molecular weight excluding hydrogens is 368 g/mol. The average molecular weight is 382 g/mol. The molecule has 0 saturated heterocycles. The number of phenols is 3. The molecule has 0 fully saturated rings. The predicted molar refractivity (Wildman–Crippen MR) is 97.1 cm³/mol. The van der Waals surface area contributed by atoms with E-state index < -0.39 is 23.4 Å². The van der Waals surface area contributed by atoms with Gasteiger partial charge in [-0.2, -0.15) is 0 Å². The smallest absolute Gasteiger partial charge is 0.339 e. The van der Waals surface area contributed by atoms with Gasteiger partial charge >= 0.3 is 11.9 Å². The summed E-state index contributed by atoms with van der Waals surface area (Å²) in [7, 11) is 2.35. The molecule has 1 aliphatic rings. The number of hydrogen-bond acceptors (Lipinski definition) is 8. The molecule has 1 heterocycles. The lowest BCUT2D eigenvalue weighted by atomic mass is 9.87. The van der Waals surface area contributed by atoms with Crippen molar-refractivity contribution < 1.29 is 39.1 Å². The molecule has 0 atom stereocenters. The maximum Gasteiger partial charge on any atom is 0.339 e. The Morgan fingerprint density at radius 1 is 0.893 bits per heavy atom. The second-order valence-electron chi connectivity index (χ2n) is 6.11. The number of aromatic hydroxyl groups is 3. The Bertz CT molecular complexity index is 1180. The summed E-state index contributed by atoms with van der Waals surface area (Å²) in [5.41, 5.74) is 0.300. The van der Waals surface area contributed by atoms with Crippen molar-refractivity contribution in [2.24, 2.45) is 0 Å². The Morgan fingerprint density at radius 2 is 1.57 bits per heavy atom. The van der Waals surface area contributed by atoms with Crippen LogP contribution in [-0.4, -0.2) is 41.5 Å². The van der Waals surface area contributed by atoms with Crippen molar-refractivity contribution in [3.63, 3.8) is 0 Å². The molecule has 0 spiro atoms. The van der Waals surface area contributed by atoms with Gasteiger partial charge in [0.25, 0.3) is 0 Å². The van der Waals surface area contributed by atoms with Crippen LogP contribution in [0.15, 0.2) is 30.3 Å². The van der Waals surface area contributed by atoms with Gasteiger partial charge in [0, 0.05) is 22.6 Å². The van der Waals surface area contributed by atoms with Crippen LogP contribution in [0.2, 0.25) is 0 Å². The molecule has 4 rings (SSSR count). The first-order chi connectivity index (χ1) is 13.4. The summed E-state index contributed by atoms with van der Waals surface area (Å²) in [5.74, 6) is -2.54. The molecule has 3 N–H and O–H groups in total. The highest BCUT2D eigenvalue weighted by Gasteiger charge is 2.33. The predicted octanol–water partition coefficient (Wildman–Crippen LogP) is 3.30. The van der Waals surface area contributed by atoms with Crippen LogP contribution in [0.3, 0.4) is 0 Å². The summed E-state index contributed by atoms with van der Waals surface area (Å²) < 4.78 is 15.4. The van der Waals surface area contributed by atoms with Gasteiger partial charge in [0.15, 0.2) is 23.0 Å². The van der Waals surface area contributed by atoms with Gasteiger partial charge in [-0.25, -0.2) is 9.59 Å². The Morgan fingerprint density at radius 3 is 2.25 bits per heavy atom.